The van der Waals surface area contributed by atoms with Crippen molar-refractivity contribution in [3.63, 3.8) is 0 Å². The molecule has 0 heteroatoms. The fourth-order valence-electron chi connectivity index (χ4n) is 2.30. The van der Waals surface area contributed by atoms with Gasteiger partial charge >= 0.3 is 0 Å². The van der Waals surface area contributed by atoms with E-state index in [9.17, 15) is 0 Å². The second-order valence-corrected chi connectivity index (χ2v) is 4.08. The molecular formula is C15H18. The number of rotatable bonds is 2. The lowest BCUT2D eigenvalue weighted by atomic mass is 9.85. The van der Waals surface area contributed by atoms with Crippen LogP contribution >= 0.6 is 0 Å². The van der Waals surface area contributed by atoms with Gasteiger partial charge < -0.3 is 0 Å². The van der Waals surface area contributed by atoms with Gasteiger partial charge in [0, 0.05) is 5.92 Å². The maximum absolute atomic E-state index is 2.37. The van der Waals surface area contributed by atoms with E-state index in [4.69, 9.17) is 0 Å². The Bertz CT molecular complexity index is 357. The molecule has 0 aliphatic heterocycles. The molecule has 15 heavy (non-hydrogen) atoms. The summed E-state index contributed by atoms with van der Waals surface area (Å²) in [6.45, 7) is 2.14. The quantitative estimate of drug-likeness (QED) is 0.616. The molecule has 0 amide bonds. The Kier molecular flexibility index (Phi) is 3.39. The predicted octanol–water partition coefficient (Wildman–Crippen LogP) is 4.45. The molecule has 0 radical (unpaired) electrons. The van der Waals surface area contributed by atoms with Crippen molar-refractivity contribution in [3.05, 3.63) is 54.1 Å². The first kappa shape index (κ1) is 10.2. The summed E-state index contributed by atoms with van der Waals surface area (Å²) < 4.78 is 0. The number of hydrogen-bond acceptors (Lipinski definition) is 0. The molecule has 2 rings (SSSR count). The van der Waals surface area contributed by atoms with Gasteiger partial charge in [-0.05, 0) is 37.3 Å². The largest absolute Gasteiger partial charge is 0.0879 e. The van der Waals surface area contributed by atoms with Crippen LogP contribution in [-0.4, -0.2) is 0 Å². The van der Waals surface area contributed by atoms with E-state index in [1.54, 1.807) is 0 Å². The second kappa shape index (κ2) is 4.97. The van der Waals surface area contributed by atoms with Crippen LogP contribution in [0, 0.1) is 5.92 Å². The van der Waals surface area contributed by atoms with E-state index in [0.29, 0.717) is 5.92 Å². The summed E-state index contributed by atoms with van der Waals surface area (Å²) in [4.78, 5) is 0. The van der Waals surface area contributed by atoms with Gasteiger partial charge in [-0.25, -0.2) is 0 Å². The zero-order valence-corrected chi connectivity index (χ0v) is 9.32. The Morgan fingerprint density at radius 1 is 1.27 bits per heavy atom. The lowest BCUT2D eigenvalue weighted by Gasteiger charge is -2.20. The zero-order valence-electron chi connectivity index (χ0n) is 9.32. The smallest absolute Gasteiger partial charge is 0.00207 e. The molecule has 1 aliphatic carbocycles. The van der Waals surface area contributed by atoms with Crippen LogP contribution in [0.1, 0.15) is 31.7 Å². The summed E-state index contributed by atoms with van der Waals surface area (Å²) in [5, 5.41) is 0. The molecule has 0 aromatic heterocycles. The average Bonchev–Trinajstić information content (AvgIpc) is 2.33. The van der Waals surface area contributed by atoms with Crippen LogP contribution in [0.3, 0.4) is 0 Å². The van der Waals surface area contributed by atoms with E-state index in [2.05, 4.69) is 55.5 Å². The number of hydrogen-bond donors (Lipinski definition) is 0. The standard InChI is InChI=1S/C15H18/c1-2-15(13-9-5-3-6-10-13)14-11-7-4-8-12-14/h2-3,5-7,9-11,14H,4,8,12H2,1H3. The molecule has 1 atom stereocenters. The van der Waals surface area contributed by atoms with Crippen molar-refractivity contribution in [3.8, 4) is 0 Å². The molecule has 1 unspecified atom stereocenters. The highest BCUT2D eigenvalue weighted by molar-refractivity contribution is 5.68. The fourth-order valence-corrected chi connectivity index (χ4v) is 2.30. The summed E-state index contributed by atoms with van der Waals surface area (Å²) in [6, 6.07) is 10.7. The van der Waals surface area contributed by atoms with Crippen LogP contribution in [0.25, 0.3) is 5.57 Å². The van der Waals surface area contributed by atoms with Crippen LogP contribution in [-0.2, 0) is 0 Å². The SMILES string of the molecule is CC=C(c1ccccc1)C1C=CCCC1. The van der Waals surface area contributed by atoms with Crippen LogP contribution < -0.4 is 0 Å². The van der Waals surface area contributed by atoms with Crippen LogP contribution in [0.4, 0.5) is 0 Å². The Labute approximate surface area is 92.3 Å². The van der Waals surface area contributed by atoms with Gasteiger partial charge in [0.25, 0.3) is 0 Å². The molecular weight excluding hydrogens is 180 g/mol. The molecule has 0 saturated carbocycles. The lowest BCUT2D eigenvalue weighted by Crippen LogP contribution is -2.03. The van der Waals surface area contributed by atoms with Gasteiger partial charge in [-0.3, -0.25) is 0 Å². The lowest BCUT2D eigenvalue weighted by molar-refractivity contribution is 0.642. The Morgan fingerprint density at radius 2 is 2.07 bits per heavy atom. The second-order valence-electron chi connectivity index (χ2n) is 4.08. The first-order chi connectivity index (χ1) is 7.42. The maximum Gasteiger partial charge on any atom is 0.00207 e. The molecule has 0 saturated heterocycles. The summed E-state index contributed by atoms with van der Waals surface area (Å²) in [5.74, 6) is 0.631. The number of allylic oxidation sites excluding steroid dienone is 4. The van der Waals surface area contributed by atoms with Crippen molar-refractivity contribution in [2.45, 2.75) is 26.2 Å². The Morgan fingerprint density at radius 3 is 2.67 bits per heavy atom. The van der Waals surface area contributed by atoms with Crippen LogP contribution in [0.5, 0.6) is 0 Å². The van der Waals surface area contributed by atoms with Crippen molar-refractivity contribution in [2.24, 2.45) is 5.92 Å². The highest BCUT2D eigenvalue weighted by atomic mass is 14.2. The van der Waals surface area contributed by atoms with Crippen LogP contribution in [0.15, 0.2) is 48.6 Å². The number of benzene rings is 1. The Balaban J connectivity index is 2.25. The molecule has 1 aliphatic rings. The molecule has 1 aromatic rings. The normalized spacial score (nSPS) is 21.7. The predicted molar refractivity (Wildman–Crippen MR) is 66.6 cm³/mol. The first-order valence-electron chi connectivity index (χ1n) is 5.80. The molecule has 0 nitrogen and oxygen atoms in total. The first-order valence-corrected chi connectivity index (χ1v) is 5.80. The van der Waals surface area contributed by atoms with Gasteiger partial charge in [0.15, 0.2) is 0 Å². The average molecular weight is 198 g/mol. The topological polar surface area (TPSA) is 0 Å². The van der Waals surface area contributed by atoms with Gasteiger partial charge in [0.2, 0.25) is 0 Å². The highest BCUT2D eigenvalue weighted by Gasteiger charge is 2.13. The van der Waals surface area contributed by atoms with Gasteiger partial charge in [0.05, 0.1) is 0 Å². The molecule has 1 aromatic carbocycles. The van der Waals surface area contributed by atoms with Crippen LogP contribution in [0.2, 0.25) is 0 Å². The third-order valence-electron chi connectivity index (χ3n) is 3.07. The van der Waals surface area contributed by atoms with E-state index in [1.807, 2.05) is 0 Å². The summed E-state index contributed by atoms with van der Waals surface area (Å²) >= 11 is 0. The highest BCUT2D eigenvalue weighted by Crippen LogP contribution is 2.31. The van der Waals surface area contributed by atoms with E-state index >= 15 is 0 Å². The summed E-state index contributed by atoms with van der Waals surface area (Å²) in [7, 11) is 0. The van der Waals surface area contributed by atoms with E-state index < -0.39 is 0 Å². The van der Waals surface area contributed by atoms with Crippen molar-refractivity contribution in [2.75, 3.05) is 0 Å². The molecule has 0 spiro atoms. The molecule has 78 valence electrons. The van der Waals surface area contributed by atoms with Crippen molar-refractivity contribution < 1.29 is 0 Å². The Hall–Kier alpha value is -1.30. The van der Waals surface area contributed by atoms with E-state index in [0.717, 1.165) is 0 Å². The van der Waals surface area contributed by atoms with Crippen molar-refractivity contribution in [1.82, 2.24) is 0 Å². The van der Waals surface area contributed by atoms with Crippen molar-refractivity contribution in [1.29, 1.82) is 0 Å². The van der Waals surface area contributed by atoms with Gasteiger partial charge in [0.1, 0.15) is 0 Å². The molecule has 0 fully saturated rings. The van der Waals surface area contributed by atoms with Crippen molar-refractivity contribution >= 4 is 5.57 Å². The minimum absolute atomic E-state index is 0.631. The van der Waals surface area contributed by atoms with E-state index in [-0.39, 0.29) is 0 Å². The van der Waals surface area contributed by atoms with E-state index in [1.165, 1.54) is 30.4 Å². The minimum atomic E-state index is 0.631. The molecule has 0 N–H and O–H groups in total. The maximum atomic E-state index is 2.37. The summed E-state index contributed by atoms with van der Waals surface area (Å²) in [6.07, 6.45) is 10.8. The van der Waals surface area contributed by atoms with Gasteiger partial charge in [-0.1, -0.05) is 48.6 Å². The third kappa shape index (κ3) is 2.38. The van der Waals surface area contributed by atoms with Gasteiger partial charge in [-0.2, -0.15) is 0 Å². The molecule has 0 heterocycles. The minimum Gasteiger partial charge on any atom is -0.0879 e. The molecule has 0 bridgehead atoms. The monoisotopic (exact) mass is 198 g/mol. The van der Waals surface area contributed by atoms with Gasteiger partial charge in [-0.15, -0.1) is 0 Å². The fraction of sp³-hybridized carbons (Fsp3) is 0.333. The zero-order chi connectivity index (χ0) is 10.5. The summed E-state index contributed by atoms with van der Waals surface area (Å²) in [5.41, 5.74) is 2.85. The third-order valence-corrected chi connectivity index (χ3v) is 3.07.